The van der Waals surface area contributed by atoms with E-state index in [2.05, 4.69) is 116 Å². The Kier molecular flexibility index (Phi) is 10.6. The van der Waals surface area contributed by atoms with Crippen LogP contribution in [0, 0.1) is 11.8 Å². The molecule has 2 saturated heterocycles. The zero-order chi connectivity index (χ0) is 37.5. The number of hydrogen-bond acceptors (Lipinski definition) is 8. The maximum Gasteiger partial charge on any atom is 0.204 e. The summed E-state index contributed by atoms with van der Waals surface area (Å²) in [6, 6.07) is 50.6. The van der Waals surface area contributed by atoms with Crippen LogP contribution in [0.25, 0.3) is 44.3 Å². The molecule has 8 aromatic rings. The van der Waals surface area contributed by atoms with Gasteiger partial charge in [-0.3, -0.25) is 0 Å². The van der Waals surface area contributed by atoms with Crippen LogP contribution in [0.15, 0.2) is 146 Å². The molecule has 2 aliphatic heterocycles. The lowest BCUT2D eigenvalue weighted by molar-refractivity contribution is 0.261. The third kappa shape index (κ3) is 7.84. The van der Waals surface area contributed by atoms with Gasteiger partial charge in [0.05, 0.1) is 0 Å². The summed E-state index contributed by atoms with van der Waals surface area (Å²) in [5, 5.41) is 39.3. The molecule has 2 aliphatic rings. The van der Waals surface area contributed by atoms with Gasteiger partial charge in [-0.05, 0) is 106 Å². The van der Waals surface area contributed by atoms with Crippen molar-refractivity contribution in [1.82, 2.24) is 51.0 Å². The van der Waals surface area contributed by atoms with Crippen LogP contribution in [0.5, 0.6) is 0 Å². The highest BCUT2D eigenvalue weighted by Gasteiger charge is 2.30. The molecule has 6 aromatic carbocycles. The van der Waals surface area contributed by atoms with Gasteiger partial charge in [0.15, 0.2) is 0 Å². The van der Waals surface area contributed by atoms with Crippen LogP contribution in [0.2, 0.25) is 0 Å². The summed E-state index contributed by atoms with van der Waals surface area (Å²) in [6.07, 6.45) is 4.67. The van der Waals surface area contributed by atoms with Crippen molar-refractivity contribution in [2.24, 2.45) is 11.8 Å². The van der Waals surface area contributed by atoms with Crippen molar-refractivity contribution in [3.63, 3.8) is 0 Å². The van der Waals surface area contributed by atoms with E-state index in [1.807, 2.05) is 70.3 Å². The quantitative estimate of drug-likeness (QED) is 0.161. The third-order valence-corrected chi connectivity index (χ3v) is 11.2. The summed E-state index contributed by atoms with van der Waals surface area (Å²) in [5.74, 6) is 2.23. The van der Waals surface area contributed by atoms with Crippen molar-refractivity contribution in [3.05, 3.63) is 157 Å². The first-order valence-corrected chi connectivity index (χ1v) is 19.9. The van der Waals surface area contributed by atoms with E-state index in [1.165, 1.54) is 45.5 Å². The number of benzene rings is 6. The molecule has 2 N–H and O–H groups in total. The van der Waals surface area contributed by atoms with Crippen LogP contribution in [0.4, 0.5) is 0 Å². The van der Waals surface area contributed by atoms with Crippen LogP contribution >= 0.6 is 0 Å². The zero-order valence-corrected chi connectivity index (χ0v) is 31.4. The molecule has 2 fully saturated rings. The van der Waals surface area contributed by atoms with Gasteiger partial charge in [-0.2, -0.15) is 9.59 Å². The minimum Gasteiger partial charge on any atom is -0.316 e. The fraction of sp³-hybridized carbons (Fsp3) is 0.261. The standard InChI is InChI=1S/2C23H23N5/c2*1-2-8-18(9-3-1)23-25-27-28(26-23)22(21-11-6-14-24-16-21)20-13-12-17-7-4-5-10-19(17)15-20/h2*1-5,7-10,12-13,15,21-22,24H,6,11,14,16H2/t2*21-,22+/m10/s1. The second-order valence-electron chi connectivity index (χ2n) is 14.9. The SMILES string of the molecule is c1ccc(-c2nnn([C@@H](c3ccc4ccccc4c3)[C@@H]3CCCNC3)n2)cc1.c1ccc(-c2nnn([C@H](c3ccc4ccccc4c3)[C@H]3CCCNC3)n2)cc1. The summed E-state index contributed by atoms with van der Waals surface area (Å²) < 4.78 is 0. The molecular formula is C46H46N10. The van der Waals surface area contributed by atoms with Crippen molar-refractivity contribution in [3.8, 4) is 22.8 Å². The van der Waals surface area contributed by atoms with Crippen molar-refractivity contribution < 1.29 is 0 Å². The van der Waals surface area contributed by atoms with Crippen molar-refractivity contribution >= 4 is 21.5 Å². The number of tetrazole rings is 2. The van der Waals surface area contributed by atoms with E-state index < -0.39 is 0 Å². The largest absolute Gasteiger partial charge is 0.316 e. The Balaban J connectivity index is 0.000000146. The smallest absolute Gasteiger partial charge is 0.204 e. The minimum atomic E-state index is 0.0716. The Bertz CT molecular complexity index is 2310. The van der Waals surface area contributed by atoms with E-state index in [0.717, 1.165) is 50.1 Å². The molecule has 0 aliphatic carbocycles. The summed E-state index contributed by atoms with van der Waals surface area (Å²) in [6.45, 7) is 4.11. The van der Waals surface area contributed by atoms with E-state index in [-0.39, 0.29) is 12.1 Å². The average Bonchev–Trinajstić information content (AvgIpc) is 3.97. The fourth-order valence-electron chi connectivity index (χ4n) is 8.36. The first-order chi connectivity index (χ1) is 27.8. The third-order valence-electron chi connectivity index (χ3n) is 11.2. The second-order valence-corrected chi connectivity index (χ2v) is 14.9. The van der Waals surface area contributed by atoms with Gasteiger partial charge in [0.1, 0.15) is 12.1 Å². The Morgan fingerprint density at radius 2 is 0.875 bits per heavy atom. The number of rotatable bonds is 8. The molecule has 10 nitrogen and oxygen atoms in total. The van der Waals surface area contributed by atoms with Gasteiger partial charge >= 0.3 is 0 Å². The van der Waals surface area contributed by atoms with E-state index in [1.54, 1.807) is 0 Å². The Morgan fingerprint density at radius 3 is 1.29 bits per heavy atom. The topological polar surface area (TPSA) is 111 Å². The predicted octanol–water partition coefficient (Wildman–Crippen LogP) is 8.16. The lowest BCUT2D eigenvalue weighted by Gasteiger charge is -2.30. The van der Waals surface area contributed by atoms with Crippen molar-refractivity contribution in [2.45, 2.75) is 37.8 Å². The summed E-state index contributed by atoms with van der Waals surface area (Å²) in [4.78, 5) is 3.65. The lowest BCUT2D eigenvalue weighted by Crippen LogP contribution is -2.36. The Morgan fingerprint density at radius 1 is 0.464 bits per heavy atom. The number of nitrogens with one attached hydrogen (secondary N) is 2. The van der Waals surface area contributed by atoms with Gasteiger partial charge in [0, 0.05) is 24.2 Å². The van der Waals surface area contributed by atoms with E-state index >= 15 is 0 Å². The average molecular weight is 739 g/mol. The molecule has 56 heavy (non-hydrogen) atoms. The van der Waals surface area contributed by atoms with Crippen molar-refractivity contribution in [1.29, 1.82) is 0 Å². The molecule has 280 valence electrons. The number of fused-ring (bicyclic) bond motifs is 2. The molecule has 0 amide bonds. The molecule has 0 radical (unpaired) electrons. The molecule has 0 bridgehead atoms. The molecule has 10 heteroatoms. The van der Waals surface area contributed by atoms with Crippen LogP contribution in [0.3, 0.4) is 0 Å². The number of aromatic nitrogens is 8. The molecular weight excluding hydrogens is 693 g/mol. The van der Waals surface area contributed by atoms with E-state index in [4.69, 9.17) is 10.2 Å². The first-order valence-electron chi connectivity index (χ1n) is 19.9. The highest BCUT2D eigenvalue weighted by atomic mass is 15.6. The van der Waals surface area contributed by atoms with Gasteiger partial charge in [0.25, 0.3) is 0 Å². The van der Waals surface area contributed by atoms with Gasteiger partial charge < -0.3 is 10.6 Å². The summed E-state index contributed by atoms with van der Waals surface area (Å²) in [5.41, 5.74) is 4.47. The normalized spacial score (nSPS) is 18.2. The molecule has 2 aromatic heterocycles. The van der Waals surface area contributed by atoms with Crippen LogP contribution in [0.1, 0.15) is 48.9 Å². The van der Waals surface area contributed by atoms with Gasteiger partial charge in [-0.25, -0.2) is 0 Å². The Labute approximate surface area is 327 Å². The highest BCUT2D eigenvalue weighted by molar-refractivity contribution is 5.84. The summed E-state index contributed by atoms with van der Waals surface area (Å²) in [7, 11) is 0. The number of piperidine rings is 2. The van der Waals surface area contributed by atoms with Gasteiger partial charge in [-0.1, -0.05) is 133 Å². The Hall–Kier alpha value is -6.10. The number of hydrogen-bond donors (Lipinski definition) is 2. The molecule has 10 rings (SSSR count). The molecule has 0 unspecified atom stereocenters. The molecule has 4 heterocycles. The molecule has 0 spiro atoms. The van der Waals surface area contributed by atoms with Gasteiger partial charge in [0.2, 0.25) is 11.6 Å². The van der Waals surface area contributed by atoms with Crippen LogP contribution in [-0.4, -0.2) is 66.6 Å². The minimum absolute atomic E-state index is 0.0716. The van der Waals surface area contributed by atoms with E-state index in [0.29, 0.717) is 23.5 Å². The number of nitrogens with zero attached hydrogens (tertiary/aromatic N) is 8. The molecule has 0 saturated carbocycles. The molecule has 4 atom stereocenters. The maximum atomic E-state index is 4.78. The summed E-state index contributed by atoms with van der Waals surface area (Å²) >= 11 is 0. The zero-order valence-electron chi connectivity index (χ0n) is 31.4. The predicted molar refractivity (Wildman–Crippen MR) is 222 cm³/mol. The van der Waals surface area contributed by atoms with Gasteiger partial charge in [-0.15, -0.1) is 20.4 Å². The monoisotopic (exact) mass is 738 g/mol. The highest BCUT2D eigenvalue weighted by Crippen LogP contribution is 2.34. The lowest BCUT2D eigenvalue weighted by atomic mass is 9.87. The second kappa shape index (κ2) is 16.7. The fourth-order valence-corrected chi connectivity index (χ4v) is 8.36. The van der Waals surface area contributed by atoms with Crippen molar-refractivity contribution in [2.75, 3.05) is 26.2 Å². The van der Waals surface area contributed by atoms with Crippen LogP contribution in [-0.2, 0) is 0 Å². The maximum absolute atomic E-state index is 4.78. The van der Waals surface area contributed by atoms with E-state index in [9.17, 15) is 0 Å². The first kappa shape index (κ1) is 35.6. The van der Waals surface area contributed by atoms with Crippen LogP contribution < -0.4 is 10.6 Å².